The lowest BCUT2D eigenvalue weighted by atomic mass is 10.2. The van der Waals surface area contributed by atoms with Crippen LogP contribution in [0.25, 0.3) is 0 Å². The average Bonchev–Trinajstić information content (AvgIpc) is 2.43. The Hall–Kier alpha value is -0.880. The fraction of sp³-hybridized carbons (Fsp3) is 0.500. The summed E-state index contributed by atoms with van der Waals surface area (Å²) in [4.78, 5) is 15.8. The van der Waals surface area contributed by atoms with Gasteiger partial charge in [-0.15, -0.1) is 12.4 Å². The molecule has 4 nitrogen and oxygen atoms in total. The van der Waals surface area contributed by atoms with E-state index in [0.29, 0.717) is 18.1 Å². The number of halogens is 3. The second kappa shape index (κ2) is 8.54. The first-order valence-electron chi connectivity index (χ1n) is 6.69. The molecule has 1 aliphatic rings. The van der Waals surface area contributed by atoms with Gasteiger partial charge in [-0.25, -0.2) is 4.39 Å². The molecule has 1 aliphatic heterocycles. The molecular weight excluding hydrogens is 316 g/mol. The Morgan fingerprint density at radius 3 is 2.57 bits per heavy atom. The van der Waals surface area contributed by atoms with E-state index in [1.165, 1.54) is 12.1 Å². The Labute approximate surface area is 135 Å². The van der Waals surface area contributed by atoms with Gasteiger partial charge in [-0.2, -0.15) is 0 Å². The molecular formula is C14H20Cl2FN3O. The second-order valence-electron chi connectivity index (χ2n) is 4.92. The highest BCUT2D eigenvalue weighted by Crippen LogP contribution is 2.19. The van der Waals surface area contributed by atoms with Crippen LogP contribution in [0.5, 0.6) is 0 Å². The van der Waals surface area contributed by atoms with Gasteiger partial charge >= 0.3 is 0 Å². The summed E-state index contributed by atoms with van der Waals surface area (Å²) in [5.41, 5.74) is 0.920. The van der Waals surface area contributed by atoms with Crippen molar-refractivity contribution >= 4 is 29.9 Å². The number of rotatable bonds is 4. The molecule has 1 amide bonds. The Morgan fingerprint density at radius 1 is 1.33 bits per heavy atom. The quantitative estimate of drug-likeness (QED) is 0.910. The van der Waals surface area contributed by atoms with Crippen molar-refractivity contribution in [3.05, 3.63) is 34.6 Å². The van der Waals surface area contributed by atoms with Crippen molar-refractivity contribution < 1.29 is 9.18 Å². The highest BCUT2D eigenvalue weighted by atomic mass is 35.5. The van der Waals surface area contributed by atoms with E-state index in [4.69, 9.17) is 11.6 Å². The fourth-order valence-electron chi connectivity index (χ4n) is 2.31. The predicted octanol–water partition coefficient (Wildman–Crippen LogP) is 1.76. The van der Waals surface area contributed by atoms with E-state index in [0.717, 1.165) is 31.7 Å². The number of carbonyl (C=O) groups excluding carboxylic acids is 1. The van der Waals surface area contributed by atoms with Gasteiger partial charge < -0.3 is 10.2 Å². The van der Waals surface area contributed by atoms with Crippen molar-refractivity contribution in [1.29, 1.82) is 0 Å². The minimum absolute atomic E-state index is 0. The van der Waals surface area contributed by atoms with Gasteiger partial charge in [0.05, 0.1) is 6.54 Å². The van der Waals surface area contributed by atoms with Crippen molar-refractivity contribution in [2.75, 3.05) is 39.8 Å². The van der Waals surface area contributed by atoms with Gasteiger partial charge in [0.1, 0.15) is 5.82 Å². The molecule has 7 heteroatoms. The number of amides is 1. The van der Waals surface area contributed by atoms with Crippen LogP contribution in [0.4, 0.5) is 4.39 Å². The Morgan fingerprint density at radius 2 is 2.00 bits per heavy atom. The molecule has 0 atom stereocenters. The van der Waals surface area contributed by atoms with Crippen LogP contribution in [-0.4, -0.2) is 55.5 Å². The molecule has 0 aliphatic carbocycles. The van der Waals surface area contributed by atoms with E-state index in [1.807, 2.05) is 4.90 Å². The second-order valence-corrected chi connectivity index (χ2v) is 5.33. The first kappa shape index (κ1) is 18.2. The van der Waals surface area contributed by atoms with Gasteiger partial charge in [0.15, 0.2) is 0 Å². The maximum atomic E-state index is 13.0. The summed E-state index contributed by atoms with van der Waals surface area (Å²) in [6.45, 7) is 4.13. The third-order valence-electron chi connectivity index (χ3n) is 3.46. The Kier molecular flexibility index (Phi) is 7.39. The smallest absolute Gasteiger partial charge is 0.236 e. The molecule has 1 aromatic rings. The molecule has 0 radical (unpaired) electrons. The minimum atomic E-state index is -0.318. The molecule has 118 valence electrons. The van der Waals surface area contributed by atoms with E-state index in [-0.39, 0.29) is 24.1 Å². The molecule has 0 aromatic heterocycles. The topological polar surface area (TPSA) is 35.6 Å². The molecule has 1 N–H and O–H groups in total. The van der Waals surface area contributed by atoms with Crippen molar-refractivity contribution in [1.82, 2.24) is 15.1 Å². The molecule has 0 unspecified atom stereocenters. The molecule has 0 bridgehead atoms. The number of nitrogens with zero attached hydrogens (tertiary/aromatic N) is 2. The van der Waals surface area contributed by atoms with Gasteiger partial charge in [0.25, 0.3) is 0 Å². The Balaban J connectivity index is 0.00000220. The molecule has 2 rings (SSSR count). The SMILES string of the molecule is CNCC(=O)N1CCN(Cc2ccc(F)cc2Cl)CC1.Cl. The minimum Gasteiger partial charge on any atom is -0.339 e. The monoisotopic (exact) mass is 335 g/mol. The molecule has 21 heavy (non-hydrogen) atoms. The molecule has 1 fully saturated rings. The van der Waals surface area contributed by atoms with Gasteiger partial charge in [0, 0.05) is 37.7 Å². The third-order valence-corrected chi connectivity index (χ3v) is 3.81. The predicted molar refractivity (Wildman–Crippen MR) is 84.4 cm³/mol. The summed E-state index contributed by atoms with van der Waals surface area (Å²) in [6, 6.07) is 4.48. The van der Waals surface area contributed by atoms with E-state index in [1.54, 1.807) is 13.1 Å². The van der Waals surface area contributed by atoms with Crippen molar-refractivity contribution in [2.45, 2.75) is 6.54 Å². The molecule has 1 saturated heterocycles. The van der Waals surface area contributed by atoms with Crippen LogP contribution in [0.1, 0.15) is 5.56 Å². The van der Waals surface area contributed by atoms with Gasteiger partial charge in [-0.3, -0.25) is 9.69 Å². The van der Waals surface area contributed by atoms with Crippen molar-refractivity contribution in [2.24, 2.45) is 0 Å². The number of piperazine rings is 1. The lowest BCUT2D eigenvalue weighted by Crippen LogP contribution is -2.50. The molecule has 1 heterocycles. The summed E-state index contributed by atoms with van der Waals surface area (Å²) in [6.07, 6.45) is 0. The summed E-state index contributed by atoms with van der Waals surface area (Å²) < 4.78 is 13.0. The van der Waals surface area contributed by atoms with Crippen LogP contribution < -0.4 is 5.32 Å². The number of carbonyl (C=O) groups is 1. The number of hydrogen-bond acceptors (Lipinski definition) is 3. The van der Waals surface area contributed by atoms with Gasteiger partial charge in [-0.05, 0) is 24.7 Å². The summed E-state index contributed by atoms with van der Waals surface area (Å²) in [5.74, 6) is -0.187. The van der Waals surface area contributed by atoms with Crippen LogP contribution in [0.2, 0.25) is 5.02 Å². The van der Waals surface area contributed by atoms with E-state index >= 15 is 0 Å². The maximum absolute atomic E-state index is 13.0. The first-order valence-corrected chi connectivity index (χ1v) is 7.06. The summed E-state index contributed by atoms with van der Waals surface area (Å²) in [5, 5.41) is 3.33. The molecule has 0 spiro atoms. The molecule has 1 aromatic carbocycles. The zero-order valence-corrected chi connectivity index (χ0v) is 13.5. The van der Waals surface area contributed by atoms with Crippen molar-refractivity contribution in [3.8, 4) is 0 Å². The van der Waals surface area contributed by atoms with Crippen LogP contribution >= 0.6 is 24.0 Å². The summed E-state index contributed by atoms with van der Waals surface area (Å²) in [7, 11) is 1.77. The van der Waals surface area contributed by atoms with E-state index in [2.05, 4.69) is 10.2 Å². The number of nitrogens with one attached hydrogen (secondary N) is 1. The maximum Gasteiger partial charge on any atom is 0.236 e. The molecule has 0 saturated carbocycles. The Bertz CT molecular complexity index is 479. The largest absolute Gasteiger partial charge is 0.339 e. The third kappa shape index (κ3) is 5.11. The van der Waals surface area contributed by atoms with Crippen LogP contribution in [0.15, 0.2) is 18.2 Å². The average molecular weight is 336 g/mol. The normalized spacial score (nSPS) is 15.7. The van der Waals surface area contributed by atoms with Gasteiger partial charge in [0.2, 0.25) is 5.91 Å². The lowest BCUT2D eigenvalue weighted by molar-refractivity contribution is -0.131. The zero-order valence-electron chi connectivity index (χ0n) is 11.9. The number of benzene rings is 1. The fourth-order valence-corrected chi connectivity index (χ4v) is 2.54. The standard InChI is InChI=1S/C14H19ClFN3O.ClH/c1-17-9-14(20)19-6-4-18(5-7-19)10-11-2-3-12(16)8-13(11)15;/h2-3,8,17H,4-7,9-10H2,1H3;1H. The van der Waals surface area contributed by atoms with Crippen molar-refractivity contribution in [3.63, 3.8) is 0 Å². The van der Waals surface area contributed by atoms with Gasteiger partial charge in [-0.1, -0.05) is 17.7 Å². The first-order chi connectivity index (χ1) is 9.60. The van der Waals surface area contributed by atoms with E-state index in [9.17, 15) is 9.18 Å². The number of likely N-dealkylation sites (N-methyl/N-ethyl adjacent to an activating group) is 1. The highest BCUT2D eigenvalue weighted by molar-refractivity contribution is 6.31. The van der Waals surface area contributed by atoms with Crippen LogP contribution in [-0.2, 0) is 11.3 Å². The van der Waals surface area contributed by atoms with Crippen LogP contribution in [0.3, 0.4) is 0 Å². The zero-order chi connectivity index (χ0) is 14.5. The lowest BCUT2D eigenvalue weighted by Gasteiger charge is -2.34. The number of hydrogen-bond donors (Lipinski definition) is 1. The van der Waals surface area contributed by atoms with E-state index < -0.39 is 0 Å². The highest BCUT2D eigenvalue weighted by Gasteiger charge is 2.20. The van der Waals surface area contributed by atoms with Crippen LogP contribution in [0, 0.1) is 5.82 Å². The summed E-state index contributed by atoms with van der Waals surface area (Å²) >= 11 is 6.03.